The van der Waals surface area contributed by atoms with E-state index in [4.69, 9.17) is 10.5 Å². The second-order valence-corrected chi connectivity index (χ2v) is 7.18. The fraction of sp³-hybridized carbons (Fsp3) is 0.833. The van der Waals surface area contributed by atoms with Gasteiger partial charge in [-0.3, -0.25) is 0 Å². The van der Waals surface area contributed by atoms with Crippen molar-refractivity contribution in [2.75, 3.05) is 23.0 Å². The van der Waals surface area contributed by atoms with Crippen molar-refractivity contribution in [1.82, 2.24) is 0 Å². The third-order valence-corrected chi connectivity index (χ3v) is 6.05. The van der Waals surface area contributed by atoms with Crippen molar-refractivity contribution in [3.63, 3.8) is 0 Å². The zero-order chi connectivity index (χ0) is 13.8. The Bertz CT molecular complexity index is 343. The summed E-state index contributed by atoms with van der Waals surface area (Å²) >= 11 is 3.28. The largest absolute Gasteiger partial charge is 0.391 e. The molecule has 18 heavy (non-hydrogen) atoms. The van der Waals surface area contributed by atoms with Crippen LogP contribution in [0.3, 0.4) is 0 Å². The lowest BCUT2D eigenvalue weighted by atomic mass is 9.90. The first kappa shape index (κ1) is 15.7. The molecule has 4 nitrogen and oxygen atoms in total. The molecule has 2 N–H and O–H groups in total. The van der Waals surface area contributed by atoms with Crippen molar-refractivity contribution in [2.24, 2.45) is 10.8 Å². The van der Waals surface area contributed by atoms with Gasteiger partial charge in [0.2, 0.25) is 0 Å². The summed E-state index contributed by atoms with van der Waals surface area (Å²) in [6.45, 7) is 3.61. The van der Waals surface area contributed by atoms with E-state index in [0.29, 0.717) is 11.5 Å². The first-order chi connectivity index (χ1) is 8.38. The maximum Gasteiger partial charge on any atom is 0.0902 e. The molecule has 0 bridgehead atoms. The Balaban J connectivity index is 0.000000180. The molecule has 0 radical (unpaired) electrons. The van der Waals surface area contributed by atoms with Gasteiger partial charge in [0.25, 0.3) is 0 Å². The number of aliphatic hydroxyl groups excluding tert-OH is 2. The van der Waals surface area contributed by atoms with Gasteiger partial charge in [-0.25, -0.2) is 0 Å². The summed E-state index contributed by atoms with van der Waals surface area (Å²) in [5.74, 6) is 2.96. The minimum atomic E-state index is -0.481. The van der Waals surface area contributed by atoms with Crippen LogP contribution in [0.5, 0.6) is 0 Å². The third kappa shape index (κ3) is 3.33. The molecule has 6 heteroatoms. The van der Waals surface area contributed by atoms with E-state index in [2.05, 4.69) is 12.1 Å². The van der Waals surface area contributed by atoms with Gasteiger partial charge < -0.3 is 10.2 Å². The van der Waals surface area contributed by atoms with Gasteiger partial charge in [0, 0.05) is 23.0 Å². The Hall–Kier alpha value is -0.400. The molecule has 0 unspecified atom stereocenters. The second kappa shape index (κ2) is 6.16. The van der Waals surface area contributed by atoms with Gasteiger partial charge in [-0.05, 0) is 13.8 Å². The van der Waals surface area contributed by atoms with Crippen LogP contribution in [0, 0.1) is 33.5 Å². The molecule has 0 aromatic rings. The molecule has 2 aliphatic rings. The van der Waals surface area contributed by atoms with Crippen molar-refractivity contribution in [1.29, 1.82) is 10.5 Å². The average Bonchev–Trinajstić information content (AvgIpc) is 2.87. The number of rotatable bonds is 0. The monoisotopic (exact) mass is 286 g/mol. The summed E-state index contributed by atoms with van der Waals surface area (Å²) in [7, 11) is 0. The van der Waals surface area contributed by atoms with Crippen LogP contribution in [-0.2, 0) is 0 Å². The van der Waals surface area contributed by atoms with E-state index >= 15 is 0 Å². The van der Waals surface area contributed by atoms with Crippen LogP contribution in [-0.4, -0.2) is 45.4 Å². The number of hydrogen-bond donors (Lipinski definition) is 2. The Labute approximate surface area is 116 Å². The Morgan fingerprint density at radius 2 is 1.28 bits per heavy atom. The highest BCUT2D eigenvalue weighted by Crippen LogP contribution is 2.35. The maximum atomic E-state index is 9.20. The number of thioether (sulfide) groups is 2. The molecule has 100 valence electrons. The highest BCUT2D eigenvalue weighted by Gasteiger charge is 2.38. The SMILES string of the molecule is C[C@]1(C#N)CSC[C@@H]1O.C[C@]1(C#N)CSC[C@H]1O. The van der Waals surface area contributed by atoms with E-state index in [0.717, 1.165) is 11.5 Å². The van der Waals surface area contributed by atoms with Crippen LogP contribution in [0.15, 0.2) is 0 Å². The van der Waals surface area contributed by atoms with Gasteiger partial charge in [0.05, 0.1) is 35.2 Å². The Kier molecular flexibility index (Phi) is 5.36. The normalized spacial score (nSPS) is 42.6. The van der Waals surface area contributed by atoms with Gasteiger partial charge >= 0.3 is 0 Å². The molecule has 0 aromatic carbocycles. The molecule has 2 aliphatic heterocycles. The molecule has 2 fully saturated rings. The summed E-state index contributed by atoms with van der Waals surface area (Å²) in [4.78, 5) is 0. The van der Waals surface area contributed by atoms with E-state index in [9.17, 15) is 10.2 Å². The van der Waals surface area contributed by atoms with Gasteiger partial charge in [-0.15, -0.1) is 0 Å². The van der Waals surface area contributed by atoms with Crippen LogP contribution >= 0.6 is 23.5 Å². The summed E-state index contributed by atoms with van der Waals surface area (Å²) < 4.78 is 0. The van der Waals surface area contributed by atoms with Crippen LogP contribution in [0.4, 0.5) is 0 Å². The van der Waals surface area contributed by atoms with Crippen molar-refractivity contribution in [2.45, 2.75) is 26.1 Å². The van der Waals surface area contributed by atoms with Crippen LogP contribution in [0.2, 0.25) is 0 Å². The van der Waals surface area contributed by atoms with Crippen molar-refractivity contribution >= 4 is 23.5 Å². The molecular weight excluding hydrogens is 268 g/mol. The summed E-state index contributed by atoms with van der Waals surface area (Å²) in [6.07, 6.45) is -0.847. The van der Waals surface area contributed by atoms with Crippen molar-refractivity contribution < 1.29 is 10.2 Å². The first-order valence-electron chi connectivity index (χ1n) is 5.72. The molecule has 0 aromatic heterocycles. The molecular formula is C12H18N2O2S2. The molecule has 4 atom stereocenters. The van der Waals surface area contributed by atoms with E-state index < -0.39 is 23.0 Å². The molecule has 0 amide bonds. The molecule has 0 aliphatic carbocycles. The lowest BCUT2D eigenvalue weighted by Crippen LogP contribution is -2.28. The summed E-state index contributed by atoms with van der Waals surface area (Å²) in [5.41, 5.74) is -0.963. The first-order valence-corrected chi connectivity index (χ1v) is 8.03. The highest BCUT2D eigenvalue weighted by molar-refractivity contribution is 7.99. The van der Waals surface area contributed by atoms with Gasteiger partial charge in [-0.2, -0.15) is 34.0 Å². The molecule has 0 spiro atoms. The van der Waals surface area contributed by atoms with E-state index in [1.54, 1.807) is 37.4 Å². The quantitative estimate of drug-likeness (QED) is 0.697. The minimum Gasteiger partial charge on any atom is -0.391 e. The van der Waals surface area contributed by atoms with Crippen molar-refractivity contribution in [3.8, 4) is 12.1 Å². The molecule has 2 heterocycles. The number of nitrogens with zero attached hydrogens (tertiary/aromatic N) is 2. The van der Waals surface area contributed by atoms with Crippen LogP contribution < -0.4 is 0 Å². The Morgan fingerprint density at radius 1 is 0.944 bits per heavy atom. The molecule has 2 rings (SSSR count). The van der Waals surface area contributed by atoms with Crippen LogP contribution in [0.1, 0.15) is 13.8 Å². The van der Waals surface area contributed by atoms with E-state index in [-0.39, 0.29) is 0 Å². The Morgan fingerprint density at radius 3 is 1.39 bits per heavy atom. The zero-order valence-electron chi connectivity index (χ0n) is 10.6. The fourth-order valence-corrected chi connectivity index (χ4v) is 4.32. The number of nitriles is 2. The molecule has 0 saturated carbocycles. The lowest BCUT2D eigenvalue weighted by Gasteiger charge is -2.16. The van der Waals surface area contributed by atoms with Crippen molar-refractivity contribution in [3.05, 3.63) is 0 Å². The molecule has 2 saturated heterocycles. The van der Waals surface area contributed by atoms with Gasteiger partial charge in [-0.1, -0.05) is 0 Å². The highest BCUT2D eigenvalue weighted by atomic mass is 32.2. The lowest BCUT2D eigenvalue weighted by molar-refractivity contribution is 0.120. The standard InChI is InChI=1S/2C6H9NOS/c2*1-6(3-7)4-9-2-5(6)8/h2*5,8H,2,4H2,1H3/t5-,6+;5-,6-/m10/s1. The number of aliphatic hydroxyl groups is 2. The predicted molar refractivity (Wildman–Crippen MR) is 74.1 cm³/mol. The predicted octanol–water partition coefficient (Wildman–Crippen LogP) is 1.25. The van der Waals surface area contributed by atoms with E-state index in [1.807, 2.05) is 0 Å². The topological polar surface area (TPSA) is 88.0 Å². The zero-order valence-corrected chi connectivity index (χ0v) is 12.2. The van der Waals surface area contributed by atoms with Gasteiger partial charge in [0.1, 0.15) is 0 Å². The maximum absolute atomic E-state index is 9.20. The fourth-order valence-electron chi connectivity index (χ4n) is 1.54. The summed E-state index contributed by atoms with van der Waals surface area (Å²) in [5, 5.41) is 35.6. The average molecular weight is 286 g/mol. The van der Waals surface area contributed by atoms with Crippen LogP contribution in [0.25, 0.3) is 0 Å². The smallest absolute Gasteiger partial charge is 0.0902 e. The minimum absolute atomic E-state index is 0.424. The summed E-state index contributed by atoms with van der Waals surface area (Å²) in [6, 6.07) is 4.24. The second-order valence-electron chi connectivity index (χ2n) is 5.12. The van der Waals surface area contributed by atoms with E-state index in [1.165, 1.54) is 0 Å². The number of hydrogen-bond acceptors (Lipinski definition) is 6. The third-order valence-electron chi connectivity index (χ3n) is 3.34. The van der Waals surface area contributed by atoms with Gasteiger partial charge in [0.15, 0.2) is 0 Å².